The summed E-state index contributed by atoms with van der Waals surface area (Å²) in [5, 5.41) is 2.88. The molecule has 0 unspecified atom stereocenters. The molecule has 11 heavy (non-hydrogen) atoms. The normalized spacial score (nSPS) is 30.2. The van der Waals surface area contributed by atoms with Crippen LogP contribution in [-0.2, 0) is 9.59 Å². The number of hydrogen-bond acceptors (Lipinski definition) is 3. The highest BCUT2D eigenvalue weighted by Crippen LogP contribution is 2.14. The van der Waals surface area contributed by atoms with Gasteiger partial charge in [-0.25, -0.2) is 0 Å². The third kappa shape index (κ3) is 1.48. The number of carbonyl (C=O) groups excluding carboxylic acids is 2. The standard InChI is InChI=1S/C6H11N3O2/c7-5(10)3-1-9-2-4(3)6(8)11/h3-4,9H,1-2H2,(H2,7,10)(H2,8,11)/t3-,4-/m0/s1. The smallest absolute Gasteiger partial charge is 0.222 e. The first kappa shape index (κ1) is 8.00. The monoisotopic (exact) mass is 157 g/mol. The van der Waals surface area contributed by atoms with E-state index in [1.54, 1.807) is 0 Å². The average molecular weight is 157 g/mol. The van der Waals surface area contributed by atoms with Crippen LogP contribution in [0.2, 0.25) is 0 Å². The molecule has 0 saturated carbocycles. The summed E-state index contributed by atoms with van der Waals surface area (Å²) < 4.78 is 0. The average Bonchev–Trinajstić information content (AvgIpc) is 2.32. The van der Waals surface area contributed by atoms with Crippen LogP contribution in [0, 0.1) is 11.8 Å². The van der Waals surface area contributed by atoms with E-state index in [0.717, 1.165) is 0 Å². The van der Waals surface area contributed by atoms with Crippen molar-refractivity contribution in [3.8, 4) is 0 Å². The summed E-state index contributed by atoms with van der Waals surface area (Å²) >= 11 is 0. The Hall–Kier alpha value is -1.10. The minimum atomic E-state index is -0.459. The van der Waals surface area contributed by atoms with Gasteiger partial charge in [-0.3, -0.25) is 9.59 Å². The molecular formula is C6H11N3O2. The third-order valence-corrected chi connectivity index (χ3v) is 1.95. The molecule has 0 aromatic heterocycles. The van der Waals surface area contributed by atoms with Gasteiger partial charge >= 0.3 is 0 Å². The molecule has 1 rings (SSSR count). The van der Waals surface area contributed by atoms with Gasteiger partial charge in [0.25, 0.3) is 0 Å². The maximum Gasteiger partial charge on any atom is 0.222 e. The molecular weight excluding hydrogens is 146 g/mol. The molecule has 2 atom stereocenters. The molecule has 62 valence electrons. The molecule has 1 aliphatic rings. The van der Waals surface area contributed by atoms with Crippen molar-refractivity contribution in [1.29, 1.82) is 0 Å². The van der Waals surface area contributed by atoms with Gasteiger partial charge in [-0.1, -0.05) is 0 Å². The number of nitrogens with two attached hydrogens (primary N) is 2. The van der Waals surface area contributed by atoms with Crippen LogP contribution in [0.5, 0.6) is 0 Å². The summed E-state index contributed by atoms with van der Waals surface area (Å²) in [6.45, 7) is 0.923. The highest BCUT2D eigenvalue weighted by Gasteiger charge is 2.34. The quantitative estimate of drug-likeness (QED) is 0.424. The van der Waals surface area contributed by atoms with Crippen LogP contribution in [0.25, 0.3) is 0 Å². The Bertz CT molecular complexity index is 172. The van der Waals surface area contributed by atoms with Gasteiger partial charge in [0.2, 0.25) is 11.8 Å². The summed E-state index contributed by atoms with van der Waals surface area (Å²) in [6, 6.07) is 0. The van der Waals surface area contributed by atoms with Gasteiger partial charge in [-0.15, -0.1) is 0 Å². The molecule has 0 bridgehead atoms. The van der Waals surface area contributed by atoms with Gasteiger partial charge in [-0.05, 0) is 0 Å². The Morgan fingerprint density at radius 3 is 1.73 bits per heavy atom. The fourth-order valence-electron chi connectivity index (χ4n) is 1.28. The second-order valence-electron chi connectivity index (χ2n) is 2.68. The molecule has 5 heteroatoms. The molecule has 5 N–H and O–H groups in total. The zero-order chi connectivity index (χ0) is 8.43. The molecule has 5 nitrogen and oxygen atoms in total. The molecule has 0 aromatic carbocycles. The van der Waals surface area contributed by atoms with Crippen LogP contribution in [0.3, 0.4) is 0 Å². The zero-order valence-corrected chi connectivity index (χ0v) is 6.04. The van der Waals surface area contributed by atoms with E-state index >= 15 is 0 Å². The predicted molar refractivity (Wildman–Crippen MR) is 38.2 cm³/mol. The van der Waals surface area contributed by atoms with Gasteiger partial charge in [0, 0.05) is 13.1 Å². The number of primary amides is 2. The van der Waals surface area contributed by atoms with E-state index < -0.39 is 23.7 Å². The number of nitrogens with one attached hydrogen (secondary N) is 1. The first-order chi connectivity index (χ1) is 5.13. The van der Waals surface area contributed by atoms with Crippen LogP contribution in [0.15, 0.2) is 0 Å². The molecule has 1 heterocycles. The Morgan fingerprint density at radius 1 is 1.09 bits per heavy atom. The Kier molecular flexibility index (Phi) is 2.09. The van der Waals surface area contributed by atoms with Crippen molar-refractivity contribution in [2.24, 2.45) is 23.3 Å². The lowest BCUT2D eigenvalue weighted by molar-refractivity contribution is -0.129. The van der Waals surface area contributed by atoms with Gasteiger partial charge in [0.15, 0.2) is 0 Å². The number of carbonyl (C=O) groups is 2. The van der Waals surface area contributed by atoms with E-state index in [-0.39, 0.29) is 0 Å². The molecule has 2 amide bonds. The topological polar surface area (TPSA) is 98.2 Å². The zero-order valence-electron chi connectivity index (χ0n) is 6.04. The van der Waals surface area contributed by atoms with E-state index in [9.17, 15) is 9.59 Å². The maximum absolute atomic E-state index is 10.7. The fourth-order valence-corrected chi connectivity index (χ4v) is 1.28. The molecule has 0 aliphatic carbocycles. The van der Waals surface area contributed by atoms with E-state index in [0.29, 0.717) is 13.1 Å². The Labute approximate surface area is 64.1 Å². The summed E-state index contributed by atoms with van der Waals surface area (Å²) in [6.07, 6.45) is 0. The van der Waals surface area contributed by atoms with Crippen molar-refractivity contribution in [2.45, 2.75) is 0 Å². The van der Waals surface area contributed by atoms with Crippen molar-refractivity contribution in [3.63, 3.8) is 0 Å². The minimum absolute atomic E-state index is 0.424. The molecule has 1 aliphatic heterocycles. The second kappa shape index (κ2) is 2.87. The Balaban J connectivity index is 2.65. The van der Waals surface area contributed by atoms with Crippen molar-refractivity contribution >= 4 is 11.8 Å². The lowest BCUT2D eigenvalue weighted by Crippen LogP contribution is -2.36. The predicted octanol–water partition coefficient (Wildman–Crippen LogP) is -2.21. The molecule has 0 spiro atoms. The van der Waals surface area contributed by atoms with Crippen LogP contribution in [0.4, 0.5) is 0 Å². The SMILES string of the molecule is NC(=O)[C@H]1CNC[C@@H]1C(N)=O. The summed E-state index contributed by atoms with van der Waals surface area (Å²) in [4.78, 5) is 21.4. The highest BCUT2D eigenvalue weighted by molar-refractivity contribution is 5.86. The molecule has 1 saturated heterocycles. The van der Waals surface area contributed by atoms with Gasteiger partial charge in [0.05, 0.1) is 11.8 Å². The van der Waals surface area contributed by atoms with E-state index in [4.69, 9.17) is 11.5 Å². The molecule has 1 fully saturated rings. The van der Waals surface area contributed by atoms with Crippen molar-refractivity contribution in [1.82, 2.24) is 5.32 Å². The van der Waals surface area contributed by atoms with E-state index in [1.165, 1.54) is 0 Å². The van der Waals surface area contributed by atoms with Crippen LogP contribution in [-0.4, -0.2) is 24.9 Å². The number of hydrogen-bond donors (Lipinski definition) is 3. The fraction of sp³-hybridized carbons (Fsp3) is 0.667. The Morgan fingerprint density at radius 2 is 1.45 bits per heavy atom. The van der Waals surface area contributed by atoms with Gasteiger partial charge in [0.1, 0.15) is 0 Å². The van der Waals surface area contributed by atoms with Crippen molar-refractivity contribution in [3.05, 3.63) is 0 Å². The highest BCUT2D eigenvalue weighted by atomic mass is 16.2. The molecule has 0 radical (unpaired) electrons. The van der Waals surface area contributed by atoms with E-state index in [1.807, 2.05) is 0 Å². The summed E-state index contributed by atoms with van der Waals surface area (Å²) in [7, 11) is 0. The molecule has 0 aromatic rings. The summed E-state index contributed by atoms with van der Waals surface area (Å²) in [5.41, 5.74) is 10.1. The van der Waals surface area contributed by atoms with E-state index in [2.05, 4.69) is 5.32 Å². The first-order valence-corrected chi connectivity index (χ1v) is 3.42. The van der Waals surface area contributed by atoms with Crippen LogP contribution < -0.4 is 16.8 Å². The van der Waals surface area contributed by atoms with Crippen molar-refractivity contribution in [2.75, 3.05) is 13.1 Å². The third-order valence-electron chi connectivity index (χ3n) is 1.95. The largest absolute Gasteiger partial charge is 0.369 e. The van der Waals surface area contributed by atoms with Crippen LogP contribution in [0.1, 0.15) is 0 Å². The maximum atomic E-state index is 10.7. The lowest BCUT2D eigenvalue weighted by atomic mass is 9.95. The number of amides is 2. The lowest BCUT2D eigenvalue weighted by Gasteiger charge is -2.09. The van der Waals surface area contributed by atoms with Gasteiger partial charge in [-0.2, -0.15) is 0 Å². The van der Waals surface area contributed by atoms with Crippen molar-refractivity contribution < 1.29 is 9.59 Å². The first-order valence-electron chi connectivity index (χ1n) is 3.42. The number of rotatable bonds is 2. The second-order valence-corrected chi connectivity index (χ2v) is 2.68. The summed E-state index contributed by atoms with van der Waals surface area (Å²) in [5.74, 6) is -1.77. The van der Waals surface area contributed by atoms with Gasteiger partial charge < -0.3 is 16.8 Å². The minimum Gasteiger partial charge on any atom is -0.369 e. The van der Waals surface area contributed by atoms with Crippen LogP contribution >= 0.6 is 0 Å².